The normalized spacial score (nSPS) is 12.5. The van der Waals surface area contributed by atoms with Crippen molar-refractivity contribution in [3.63, 3.8) is 0 Å². The third kappa shape index (κ3) is 2.58. The van der Waals surface area contributed by atoms with E-state index in [1.54, 1.807) is 0 Å². The van der Waals surface area contributed by atoms with Gasteiger partial charge in [-0.2, -0.15) is 0 Å². The van der Waals surface area contributed by atoms with Crippen LogP contribution in [0.15, 0.2) is 36.4 Å². The Labute approximate surface area is 113 Å². The minimum absolute atomic E-state index is 0.617. The van der Waals surface area contributed by atoms with Crippen LogP contribution in [0.4, 0.5) is 0 Å². The van der Waals surface area contributed by atoms with Crippen LogP contribution in [0.5, 0.6) is 0 Å². The first-order valence-corrected chi connectivity index (χ1v) is 6.38. The van der Waals surface area contributed by atoms with E-state index in [-0.39, 0.29) is 0 Å². The predicted octanol–water partition coefficient (Wildman–Crippen LogP) is 4.35. The fraction of sp³-hybridized carbons (Fsp3) is 0.250. The molecule has 0 heterocycles. The highest BCUT2D eigenvalue weighted by Gasteiger charge is 2.14. The van der Waals surface area contributed by atoms with E-state index in [1.165, 1.54) is 5.56 Å². The van der Waals surface area contributed by atoms with Crippen molar-refractivity contribution in [1.82, 2.24) is 0 Å². The Bertz CT molecular complexity index is 558. The molecule has 0 aliphatic heterocycles. The molecule has 2 rings (SSSR count). The summed E-state index contributed by atoms with van der Waals surface area (Å²) in [5.74, 6) is 0. The van der Waals surface area contributed by atoms with Crippen molar-refractivity contribution >= 4 is 11.6 Å². The fourth-order valence-corrected chi connectivity index (χ4v) is 2.26. The van der Waals surface area contributed by atoms with Crippen LogP contribution in [-0.4, -0.2) is 5.11 Å². The summed E-state index contributed by atoms with van der Waals surface area (Å²) >= 11 is 6.22. The van der Waals surface area contributed by atoms with Crippen LogP contribution in [0, 0.1) is 20.8 Å². The van der Waals surface area contributed by atoms with Crippen LogP contribution < -0.4 is 0 Å². The highest BCUT2D eigenvalue weighted by atomic mass is 35.5. The monoisotopic (exact) mass is 260 g/mol. The average Bonchev–Trinajstić information content (AvgIpc) is 2.34. The molecule has 0 radical (unpaired) electrons. The molecule has 0 fully saturated rings. The molecular formula is C16H17ClO. The van der Waals surface area contributed by atoms with Crippen molar-refractivity contribution < 1.29 is 5.11 Å². The van der Waals surface area contributed by atoms with Crippen molar-refractivity contribution in [2.75, 3.05) is 0 Å². The summed E-state index contributed by atoms with van der Waals surface area (Å²) in [5.41, 5.74) is 5.09. The number of aliphatic hydroxyl groups is 1. The smallest absolute Gasteiger partial charge is 0.105 e. The number of aryl methyl sites for hydroxylation is 3. The van der Waals surface area contributed by atoms with Gasteiger partial charge in [-0.05, 0) is 43.5 Å². The van der Waals surface area contributed by atoms with E-state index in [9.17, 15) is 5.11 Å². The zero-order valence-electron chi connectivity index (χ0n) is 10.9. The van der Waals surface area contributed by atoms with Crippen LogP contribution in [0.1, 0.15) is 33.9 Å². The van der Waals surface area contributed by atoms with Gasteiger partial charge in [0.05, 0.1) is 0 Å². The first-order valence-electron chi connectivity index (χ1n) is 6.00. The summed E-state index contributed by atoms with van der Waals surface area (Å²) in [4.78, 5) is 0. The molecule has 0 amide bonds. The summed E-state index contributed by atoms with van der Waals surface area (Å²) < 4.78 is 0. The third-order valence-corrected chi connectivity index (χ3v) is 3.63. The molecule has 0 aromatic heterocycles. The average molecular weight is 261 g/mol. The van der Waals surface area contributed by atoms with Crippen molar-refractivity contribution in [1.29, 1.82) is 0 Å². The number of hydrogen-bond donors (Lipinski definition) is 1. The lowest BCUT2D eigenvalue weighted by molar-refractivity contribution is 0.220. The lowest BCUT2D eigenvalue weighted by Gasteiger charge is -2.15. The predicted molar refractivity (Wildman–Crippen MR) is 76.2 cm³/mol. The van der Waals surface area contributed by atoms with Gasteiger partial charge in [0.25, 0.3) is 0 Å². The van der Waals surface area contributed by atoms with E-state index in [0.29, 0.717) is 5.02 Å². The second-order valence-electron chi connectivity index (χ2n) is 4.77. The number of rotatable bonds is 2. The Morgan fingerprint density at radius 1 is 0.944 bits per heavy atom. The van der Waals surface area contributed by atoms with E-state index in [4.69, 9.17) is 11.6 Å². The van der Waals surface area contributed by atoms with Crippen LogP contribution in [0.2, 0.25) is 5.02 Å². The number of halogens is 1. The van der Waals surface area contributed by atoms with Crippen molar-refractivity contribution in [2.24, 2.45) is 0 Å². The van der Waals surface area contributed by atoms with Crippen molar-refractivity contribution in [3.05, 3.63) is 69.2 Å². The molecule has 2 aromatic carbocycles. The molecule has 0 saturated carbocycles. The summed E-state index contributed by atoms with van der Waals surface area (Å²) in [6, 6.07) is 11.7. The Kier molecular flexibility index (Phi) is 3.74. The Hall–Kier alpha value is -1.31. The summed E-state index contributed by atoms with van der Waals surface area (Å²) in [6.45, 7) is 6.07. The third-order valence-electron chi connectivity index (χ3n) is 3.30. The van der Waals surface area contributed by atoms with Crippen molar-refractivity contribution in [2.45, 2.75) is 26.9 Å². The van der Waals surface area contributed by atoms with E-state index in [0.717, 1.165) is 22.3 Å². The standard InChI is InChI=1S/C16H17ClO/c1-10-4-6-13(7-5-10)16(18)14-8-11(2)12(3)9-15(14)17/h4-9,16,18H,1-3H3. The molecule has 0 bridgehead atoms. The number of benzene rings is 2. The lowest BCUT2D eigenvalue weighted by Crippen LogP contribution is -2.01. The molecule has 0 aliphatic carbocycles. The van der Waals surface area contributed by atoms with Crippen LogP contribution in [0.3, 0.4) is 0 Å². The Balaban J connectivity index is 2.42. The van der Waals surface area contributed by atoms with E-state index >= 15 is 0 Å². The second kappa shape index (κ2) is 5.13. The van der Waals surface area contributed by atoms with E-state index in [2.05, 4.69) is 0 Å². The molecule has 1 N–H and O–H groups in total. The quantitative estimate of drug-likeness (QED) is 0.851. The van der Waals surface area contributed by atoms with Gasteiger partial charge in [-0.25, -0.2) is 0 Å². The lowest BCUT2D eigenvalue weighted by atomic mass is 9.97. The zero-order chi connectivity index (χ0) is 13.3. The van der Waals surface area contributed by atoms with Gasteiger partial charge in [-0.1, -0.05) is 47.5 Å². The van der Waals surface area contributed by atoms with Gasteiger partial charge in [0.2, 0.25) is 0 Å². The number of hydrogen-bond acceptors (Lipinski definition) is 1. The molecule has 18 heavy (non-hydrogen) atoms. The van der Waals surface area contributed by atoms with Gasteiger partial charge < -0.3 is 5.11 Å². The van der Waals surface area contributed by atoms with Crippen LogP contribution >= 0.6 is 11.6 Å². The summed E-state index contributed by atoms with van der Waals surface area (Å²) in [7, 11) is 0. The van der Waals surface area contributed by atoms with Gasteiger partial charge in [-0.15, -0.1) is 0 Å². The molecule has 1 atom stereocenters. The minimum Gasteiger partial charge on any atom is -0.384 e. The van der Waals surface area contributed by atoms with Crippen molar-refractivity contribution in [3.8, 4) is 0 Å². The molecular weight excluding hydrogens is 244 g/mol. The van der Waals surface area contributed by atoms with Gasteiger partial charge in [0.15, 0.2) is 0 Å². The van der Waals surface area contributed by atoms with E-state index < -0.39 is 6.10 Å². The second-order valence-corrected chi connectivity index (χ2v) is 5.18. The topological polar surface area (TPSA) is 20.2 Å². The molecule has 0 spiro atoms. The van der Waals surface area contributed by atoms with Gasteiger partial charge >= 0.3 is 0 Å². The first kappa shape index (κ1) is 13.1. The Morgan fingerprint density at radius 3 is 2.11 bits per heavy atom. The zero-order valence-corrected chi connectivity index (χ0v) is 11.6. The number of aliphatic hydroxyl groups excluding tert-OH is 1. The highest BCUT2D eigenvalue weighted by Crippen LogP contribution is 2.30. The van der Waals surface area contributed by atoms with Gasteiger partial charge in [0, 0.05) is 10.6 Å². The maximum absolute atomic E-state index is 10.4. The highest BCUT2D eigenvalue weighted by molar-refractivity contribution is 6.31. The molecule has 2 aromatic rings. The molecule has 2 heteroatoms. The minimum atomic E-state index is -0.669. The first-order chi connectivity index (χ1) is 8.49. The molecule has 0 saturated heterocycles. The van der Waals surface area contributed by atoms with Crippen LogP contribution in [0.25, 0.3) is 0 Å². The maximum Gasteiger partial charge on any atom is 0.105 e. The SMILES string of the molecule is Cc1ccc(C(O)c2cc(C)c(C)cc2Cl)cc1. The van der Waals surface area contributed by atoms with Gasteiger partial charge in [0.1, 0.15) is 6.10 Å². The largest absolute Gasteiger partial charge is 0.384 e. The molecule has 1 unspecified atom stereocenters. The molecule has 94 valence electrons. The molecule has 1 nitrogen and oxygen atoms in total. The van der Waals surface area contributed by atoms with E-state index in [1.807, 2.05) is 57.2 Å². The molecule has 0 aliphatic rings. The fourth-order valence-electron chi connectivity index (χ4n) is 1.94. The van der Waals surface area contributed by atoms with Gasteiger partial charge in [-0.3, -0.25) is 0 Å². The Morgan fingerprint density at radius 2 is 1.50 bits per heavy atom. The summed E-state index contributed by atoms with van der Waals surface area (Å²) in [6.07, 6.45) is -0.669. The summed E-state index contributed by atoms with van der Waals surface area (Å²) in [5, 5.41) is 11.0. The maximum atomic E-state index is 10.4. The van der Waals surface area contributed by atoms with Crippen LogP contribution in [-0.2, 0) is 0 Å².